The first-order valence-electron chi connectivity index (χ1n) is 5.42. The van der Waals surface area contributed by atoms with E-state index in [0.29, 0.717) is 13.2 Å². The molecule has 0 aromatic carbocycles. The van der Waals surface area contributed by atoms with Gasteiger partial charge < -0.3 is 15.4 Å². The summed E-state index contributed by atoms with van der Waals surface area (Å²) in [5.74, 6) is 0.0144. The second kappa shape index (κ2) is 5.43. The van der Waals surface area contributed by atoms with E-state index in [1.165, 1.54) is 4.88 Å². The Morgan fingerprint density at radius 3 is 3.25 bits per heavy atom. The first kappa shape index (κ1) is 11.6. The van der Waals surface area contributed by atoms with E-state index in [2.05, 4.69) is 10.6 Å². The van der Waals surface area contributed by atoms with Crippen molar-refractivity contribution in [1.29, 1.82) is 0 Å². The van der Waals surface area contributed by atoms with Gasteiger partial charge >= 0.3 is 0 Å². The summed E-state index contributed by atoms with van der Waals surface area (Å²) >= 11 is 1.65. The molecule has 1 aliphatic rings. The Kier molecular flexibility index (Phi) is 3.93. The molecule has 1 fully saturated rings. The summed E-state index contributed by atoms with van der Waals surface area (Å²) in [6.07, 6.45) is 0. The van der Waals surface area contributed by atoms with Gasteiger partial charge in [0.1, 0.15) is 6.04 Å². The van der Waals surface area contributed by atoms with Crippen LogP contribution in [0.3, 0.4) is 0 Å². The molecule has 4 nitrogen and oxygen atoms in total. The molecule has 0 spiro atoms. The van der Waals surface area contributed by atoms with E-state index in [4.69, 9.17) is 4.74 Å². The van der Waals surface area contributed by atoms with Gasteiger partial charge in [-0.1, -0.05) is 6.07 Å². The van der Waals surface area contributed by atoms with Crippen molar-refractivity contribution in [3.05, 3.63) is 22.4 Å². The molecule has 88 valence electrons. The van der Waals surface area contributed by atoms with Crippen molar-refractivity contribution in [3.63, 3.8) is 0 Å². The average molecular weight is 240 g/mol. The third-order valence-corrected chi connectivity index (χ3v) is 3.62. The van der Waals surface area contributed by atoms with Crippen molar-refractivity contribution >= 4 is 17.2 Å². The van der Waals surface area contributed by atoms with E-state index in [9.17, 15) is 4.79 Å². The number of morpholine rings is 1. The van der Waals surface area contributed by atoms with Gasteiger partial charge in [0.25, 0.3) is 0 Å². The normalized spacial score (nSPS) is 22.7. The van der Waals surface area contributed by atoms with Crippen molar-refractivity contribution in [2.45, 2.75) is 19.0 Å². The maximum Gasteiger partial charge on any atom is 0.240 e. The highest BCUT2D eigenvalue weighted by molar-refractivity contribution is 7.10. The first-order chi connectivity index (χ1) is 7.77. The minimum atomic E-state index is -0.212. The van der Waals surface area contributed by atoms with Crippen molar-refractivity contribution in [2.24, 2.45) is 0 Å². The quantitative estimate of drug-likeness (QED) is 0.826. The van der Waals surface area contributed by atoms with E-state index in [0.717, 1.165) is 6.54 Å². The molecule has 0 bridgehead atoms. The zero-order chi connectivity index (χ0) is 11.4. The third kappa shape index (κ3) is 2.81. The molecule has 1 amide bonds. The standard InChI is InChI=1S/C11H16N2O2S/c1-8(10-3-2-6-16-10)13-11(14)9-7-15-5-4-12-9/h2-3,6,8-9,12H,4-5,7H2,1H3,(H,13,14)/t8-,9?/m0/s1. The minimum absolute atomic E-state index is 0.0144. The fraction of sp³-hybridized carbons (Fsp3) is 0.545. The number of carbonyl (C=O) groups is 1. The minimum Gasteiger partial charge on any atom is -0.378 e. The second-order valence-corrected chi connectivity index (χ2v) is 4.81. The van der Waals surface area contributed by atoms with E-state index in [1.54, 1.807) is 11.3 Å². The van der Waals surface area contributed by atoms with Gasteiger partial charge in [0.2, 0.25) is 5.91 Å². The number of rotatable bonds is 3. The topological polar surface area (TPSA) is 50.4 Å². The van der Waals surface area contributed by atoms with Crippen molar-refractivity contribution < 1.29 is 9.53 Å². The first-order valence-corrected chi connectivity index (χ1v) is 6.30. The lowest BCUT2D eigenvalue weighted by Crippen LogP contribution is -2.51. The lowest BCUT2D eigenvalue weighted by Gasteiger charge is -2.24. The van der Waals surface area contributed by atoms with Gasteiger partial charge in [-0.2, -0.15) is 0 Å². The summed E-state index contributed by atoms with van der Waals surface area (Å²) in [6.45, 7) is 3.88. The molecule has 1 aliphatic heterocycles. The molecule has 5 heteroatoms. The highest BCUT2D eigenvalue weighted by atomic mass is 32.1. The van der Waals surface area contributed by atoms with Crippen LogP contribution in [0.25, 0.3) is 0 Å². The van der Waals surface area contributed by atoms with Gasteiger partial charge in [-0.05, 0) is 18.4 Å². The molecule has 16 heavy (non-hydrogen) atoms. The lowest BCUT2D eigenvalue weighted by molar-refractivity contribution is -0.126. The monoisotopic (exact) mass is 240 g/mol. The van der Waals surface area contributed by atoms with Crippen molar-refractivity contribution in [2.75, 3.05) is 19.8 Å². The van der Waals surface area contributed by atoms with E-state index in [1.807, 2.05) is 24.4 Å². The highest BCUT2D eigenvalue weighted by Gasteiger charge is 2.22. The molecule has 2 rings (SSSR count). The number of hydrogen-bond acceptors (Lipinski definition) is 4. The SMILES string of the molecule is C[C@H](NC(=O)C1COCCN1)c1cccs1. The number of ether oxygens (including phenoxy) is 1. The molecule has 1 saturated heterocycles. The Hall–Kier alpha value is -0.910. The fourth-order valence-corrected chi connectivity index (χ4v) is 2.39. The zero-order valence-corrected chi connectivity index (χ0v) is 10.0. The number of nitrogens with one attached hydrogen (secondary N) is 2. The van der Waals surface area contributed by atoms with E-state index in [-0.39, 0.29) is 18.0 Å². The van der Waals surface area contributed by atoms with Crippen molar-refractivity contribution in [1.82, 2.24) is 10.6 Å². The molecule has 1 aromatic rings. The van der Waals surface area contributed by atoms with Crippen LogP contribution in [0.15, 0.2) is 17.5 Å². The van der Waals surface area contributed by atoms with Crippen LogP contribution in [0, 0.1) is 0 Å². The van der Waals surface area contributed by atoms with E-state index >= 15 is 0 Å². The second-order valence-electron chi connectivity index (χ2n) is 3.83. The number of thiophene rings is 1. The number of carbonyl (C=O) groups excluding carboxylic acids is 1. The summed E-state index contributed by atoms with van der Waals surface area (Å²) in [5, 5.41) is 8.13. The fourth-order valence-electron chi connectivity index (χ4n) is 1.66. The summed E-state index contributed by atoms with van der Waals surface area (Å²) in [7, 11) is 0. The predicted molar refractivity (Wildman–Crippen MR) is 63.5 cm³/mol. The Balaban J connectivity index is 1.86. The van der Waals surface area contributed by atoms with Gasteiger partial charge in [-0.3, -0.25) is 4.79 Å². The third-order valence-electron chi connectivity index (χ3n) is 2.57. The van der Waals surface area contributed by atoms with Gasteiger partial charge in [-0.15, -0.1) is 11.3 Å². The van der Waals surface area contributed by atoms with Gasteiger partial charge in [0, 0.05) is 11.4 Å². The summed E-state index contributed by atoms with van der Waals surface area (Å²) in [4.78, 5) is 13.0. The van der Waals surface area contributed by atoms with Gasteiger partial charge in [0.15, 0.2) is 0 Å². The molecule has 2 N–H and O–H groups in total. The summed E-state index contributed by atoms with van der Waals surface area (Å²) < 4.78 is 5.25. The average Bonchev–Trinajstić information content (AvgIpc) is 2.83. The molecule has 0 aliphatic carbocycles. The maximum absolute atomic E-state index is 11.9. The molecule has 2 heterocycles. The summed E-state index contributed by atoms with van der Waals surface area (Å²) in [6, 6.07) is 3.87. The van der Waals surface area contributed by atoms with Crippen LogP contribution in [0.4, 0.5) is 0 Å². The molecule has 1 aromatic heterocycles. The van der Waals surface area contributed by atoms with Crippen LogP contribution in [0.5, 0.6) is 0 Å². The van der Waals surface area contributed by atoms with Gasteiger partial charge in [-0.25, -0.2) is 0 Å². The van der Waals surface area contributed by atoms with Crippen LogP contribution >= 0.6 is 11.3 Å². The molecule has 1 unspecified atom stereocenters. The highest BCUT2D eigenvalue weighted by Crippen LogP contribution is 2.18. The van der Waals surface area contributed by atoms with Gasteiger partial charge in [0.05, 0.1) is 19.3 Å². The number of hydrogen-bond donors (Lipinski definition) is 2. The zero-order valence-electron chi connectivity index (χ0n) is 9.23. The van der Waals surface area contributed by atoms with Crippen LogP contribution in [0.1, 0.15) is 17.8 Å². The molecule has 2 atom stereocenters. The summed E-state index contributed by atoms with van der Waals surface area (Å²) in [5.41, 5.74) is 0. The van der Waals surface area contributed by atoms with Crippen LogP contribution in [0.2, 0.25) is 0 Å². The Morgan fingerprint density at radius 2 is 2.62 bits per heavy atom. The number of amides is 1. The molecular weight excluding hydrogens is 224 g/mol. The Morgan fingerprint density at radius 1 is 1.75 bits per heavy atom. The lowest BCUT2D eigenvalue weighted by atomic mass is 10.2. The molecule has 0 saturated carbocycles. The Bertz CT molecular complexity index is 334. The van der Waals surface area contributed by atoms with Crippen LogP contribution in [-0.2, 0) is 9.53 Å². The largest absolute Gasteiger partial charge is 0.378 e. The van der Waals surface area contributed by atoms with Crippen molar-refractivity contribution in [3.8, 4) is 0 Å². The molecule has 0 radical (unpaired) electrons. The van der Waals surface area contributed by atoms with Crippen LogP contribution in [-0.4, -0.2) is 31.7 Å². The predicted octanol–water partition coefficient (Wildman–Crippen LogP) is 0.914. The maximum atomic E-state index is 11.9. The molecular formula is C11H16N2O2S. The van der Waals surface area contributed by atoms with Crippen LogP contribution < -0.4 is 10.6 Å². The smallest absolute Gasteiger partial charge is 0.240 e. The van der Waals surface area contributed by atoms with E-state index < -0.39 is 0 Å². The Labute approximate surface area is 99.0 Å².